The topological polar surface area (TPSA) is 110 Å². The van der Waals surface area contributed by atoms with E-state index in [1.165, 1.54) is 10.9 Å². The van der Waals surface area contributed by atoms with Crippen LogP contribution in [0.1, 0.15) is 28.9 Å². The molecule has 0 fully saturated rings. The number of aryl methyl sites for hydroxylation is 1. The maximum atomic E-state index is 13.7. The fourth-order valence-corrected chi connectivity index (χ4v) is 4.05. The summed E-state index contributed by atoms with van der Waals surface area (Å²) < 4.78 is 75.8. The predicted molar refractivity (Wildman–Crippen MR) is 126 cm³/mol. The fraction of sp³-hybridized carbons (Fsp3) is 0.208. The summed E-state index contributed by atoms with van der Waals surface area (Å²) in [6, 6.07) is 10.2. The first-order valence-electron chi connectivity index (χ1n) is 11.1. The molecule has 4 heterocycles. The van der Waals surface area contributed by atoms with Crippen molar-refractivity contribution in [1.29, 1.82) is 0 Å². The second-order valence-electron chi connectivity index (χ2n) is 8.25. The van der Waals surface area contributed by atoms with E-state index in [9.17, 15) is 22.0 Å². The number of nitrogen functional groups attached to an aromatic ring is 1. The second kappa shape index (κ2) is 9.68. The molecule has 0 amide bonds. The molecule has 0 aliphatic rings. The van der Waals surface area contributed by atoms with Gasteiger partial charge in [0, 0.05) is 30.4 Å². The largest absolute Gasteiger partial charge is 0.483 e. The van der Waals surface area contributed by atoms with Crippen LogP contribution in [0.5, 0.6) is 5.75 Å². The van der Waals surface area contributed by atoms with Gasteiger partial charge >= 0.3 is 6.18 Å². The van der Waals surface area contributed by atoms with E-state index < -0.39 is 36.1 Å². The summed E-state index contributed by atoms with van der Waals surface area (Å²) in [4.78, 5) is 12.5. The third kappa shape index (κ3) is 4.71. The minimum atomic E-state index is -4.93. The standard InChI is InChI=1S/C24H19F5N8O/c1-36-19(21(25)26)15(20(35-36)24(27,28)29)11-37-16-5-3-2-4-14(16)18(34-37)23-32-10-17(22(30)33-23)38-12-13-6-8-31-9-7-13/h2-10,21H,11-12H2,1H3,(H2,30,32,33). The zero-order chi connectivity index (χ0) is 27.0. The Kier molecular flexibility index (Phi) is 6.38. The van der Waals surface area contributed by atoms with Crippen molar-refractivity contribution in [3.63, 3.8) is 0 Å². The highest BCUT2D eigenvalue weighted by Gasteiger charge is 2.40. The lowest BCUT2D eigenvalue weighted by atomic mass is 10.1. The Labute approximate surface area is 211 Å². The van der Waals surface area contributed by atoms with E-state index in [1.807, 2.05) is 0 Å². The van der Waals surface area contributed by atoms with Crippen LogP contribution < -0.4 is 10.5 Å². The maximum Gasteiger partial charge on any atom is 0.435 e. The number of rotatable bonds is 7. The Hall–Kier alpha value is -4.62. The molecule has 0 unspecified atom stereocenters. The molecule has 0 saturated carbocycles. The number of para-hydroxylation sites is 1. The highest BCUT2D eigenvalue weighted by Crippen LogP contribution is 2.37. The molecule has 0 atom stereocenters. The first-order chi connectivity index (χ1) is 18.1. The lowest BCUT2D eigenvalue weighted by Gasteiger charge is -2.10. The van der Waals surface area contributed by atoms with Crippen molar-refractivity contribution >= 4 is 16.7 Å². The van der Waals surface area contributed by atoms with Crippen molar-refractivity contribution in [2.75, 3.05) is 5.73 Å². The van der Waals surface area contributed by atoms with Gasteiger partial charge in [0.1, 0.15) is 18.0 Å². The van der Waals surface area contributed by atoms with Crippen molar-refractivity contribution in [1.82, 2.24) is 34.5 Å². The molecule has 0 spiro atoms. The van der Waals surface area contributed by atoms with Gasteiger partial charge in [-0.15, -0.1) is 0 Å². The third-order valence-electron chi connectivity index (χ3n) is 5.77. The number of alkyl halides is 5. The van der Waals surface area contributed by atoms with Gasteiger partial charge in [0.25, 0.3) is 6.43 Å². The Bertz CT molecular complexity index is 1600. The Morgan fingerprint density at radius 1 is 1.05 bits per heavy atom. The minimum Gasteiger partial charge on any atom is -0.483 e. The summed E-state index contributed by atoms with van der Waals surface area (Å²) >= 11 is 0. The molecule has 0 aliphatic heterocycles. The zero-order valence-corrected chi connectivity index (χ0v) is 19.7. The van der Waals surface area contributed by atoms with E-state index in [1.54, 1.807) is 48.8 Å². The van der Waals surface area contributed by atoms with Crippen LogP contribution in [0.15, 0.2) is 55.0 Å². The maximum absolute atomic E-state index is 13.7. The molecule has 0 radical (unpaired) electrons. The third-order valence-corrected chi connectivity index (χ3v) is 5.77. The number of fused-ring (bicyclic) bond motifs is 1. The van der Waals surface area contributed by atoms with Gasteiger partial charge in [0.15, 0.2) is 23.1 Å². The molecule has 5 aromatic rings. The normalized spacial score (nSPS) is 12.0. The van der Waals surface area contributed by atoms with Crippen LogP contribution in [-0.4, -0.2) is 34.5 Å². The van der Waals surface area contributed by atoms with Gasteiger partial charge in [0.2, 0.25) is 0 Å². The van der Waals surface area contributed by atoms with Crippen LogP contribution in [0, 0.1) is 0 Å². The van der Waals surface area contributed by atoms with Crippen LogP contribution >= 0.6 is 0 Å². The molecule has 196 valence electrons. The average Bonchev–Trinajstić information content (AvgIpc) is 3.42. The summed E-state index contributed by atoms with van der Waals surface area (Å²) in [6.45, 7) is -0.405. The lowest BCUT2D eigenvalue weighted by molar-refractivity contribution is -0.142. The summed E-state index contributed by atoms with van der Waals surface area (Å²) in [5.41, 5.74) is 4.63. The van der Waals surface area contributed by atoms with Gasteiger partial charge in [-0.1, -0.05) is 18.2 Å². The van der Waals surface area contributed by atoms with Crippen molar-refractivity contribution in [2.24, 2.45) is 7.05 Å². The zero-order valence-electron chi connectivity index (χ0n) is 19.7. The van der Waals surface area contributed by atoms with Gasteiger partial charge in [-0.05, 0) is 23.8 Å². The van der Waals surface area contributed by atoms with E-state index in [4.69, 9.17) is 10.5 Å². The SMILES string of the molecule is Cn1nc(C(F)(F)F)c(Cn2nc(-c3ncc(OCc4ccncc4)c(N)n3)c3ccccc32)c1C(F)F. The van der Waals surface area contributed by atoms with E-state index in [-0.39, 0.29) is 29.7 Å². The number of pyridine rings is 1. The smallest absolute Gasteiger partial charge is 0.435 e. The summed E-state index contributed by atoms with van der Waals surface area (Å²) in [7, 11) is 1.04. The number of aromatic nitrogens is 7. The molecule has 5 rings (SSSR count). The molecule has 0 saturated heterocycles. The number of hydrogen-bond donors (Lipinski definition) is 1. The van der Waals surface area contributed by atoms with Crippen LogP contribution in [0.25, 0.3) is 22.4 Å². The first kappa shape index (κ1) is 25.0. The molecule has 0 bridgehead atoms. The van der Waals surface area contributed by atoms with Gasteiger partial charge in [-0.3, -0.25) is 14.3 Å². The van der Waals surface area contributed by atoms with Crippen LogP contribution in [0.3, 0.4) is 0 Å². The molecular formula is C24H19F5N8O. The van der Waals surface area contributed by atoms with Gasteiger partial charge in [-0.25, -0.2) is 18.7 Å². The highest BCUT2D eigenvalue weighted by molar-refractivity contribution is 5.91. The number of halogens is 5. The van der Waals surface area contributed by atoms with E-state index in [0.717, 1.165) is 12.6 Å². The number of benzene rings is 1. The number of anilines is 1. The second-order valence-corrected chi connectivity index (χ2v) is 8.25. The van der Waals surface area contributed by atoms with Crippen LogP contribution in [-0.2, 0) is 26.4 Å². The molecule has 0 aliphatic carbocycles. The van der Waals surface area contributed by atoms with Gasteiger partial charge < -0.3 is 10.5 Å². The molecule has 4 aromatic heterocycles. The molecule has 9 nitrogen and oxygen atoms in total. The molecule has 2 N–H and O–H groups in total. The predicted octanol–water partition coefficient (Wildman–Crippen LogP) is 4.79. The fourth-order valence-electron chi connectivity index (χ4n) is 4.05. The Balaban J connectivity index is 1.52. The van der Waals surface area contributed by atoms with Crippen molar-refractivity contribution in [3.8, 4) is 17.3 Å². The van der Waals surface area contributed by atoms with Crippen molar-refractivity contribution < 1.29 is 26.7 Å². The van der Waals surface area contributed by atoms with E-state index >= 15 is 0 Å². The molecule has 14 heteroatoms. The van der Waals surface area contributed by atoms with Crippen molar-refractivity contribution in [2.45, 2.75) is 25.8 Å². The number of nitrogens with zero attached hydrogens (tertiary/aromatic N) is 7. The molecule has 1 aromatic carbocycles. The highest BCUT2D eigenvalue weighted by atomic mass is 19.4. The summed E-state index contributed by atoms with van der Waals surface area (Å²) in [5, 5.41) is 8.20. The van der Waals surface area contributed by atoms with E-state index in [2.05, 4.69) is 25.1 Å². The summed E-state index contributed by atoms with van der Waals surface area (Å²) in [5.74, 6) is 0.334. The van der Waals surface area contributed by atoms with Gasteiger partial charge in [-0.2, -0.15) is 23.4 Å². The number of ether oxygens (including phenoxy) is 1. The number of nitrogens with two attached hydrogens (primary N) is 1. The molecule has 38 heavy (non-hydrogen) atoms. The quantitative estimate of drug-likeness (QED) is 0.302. The van der Waals surface area contributed by atoms with E-state index in [0.29, 0.717) is 15.6 Å². The van der Waals surface area contributed by atoms with Crippen LogP contribution in [0.4, 0.5) is 27.8 Å². The average molecular weight is 530 g/mol. The van der Waals surface area contributed by atoms with Crippen molar-refractivity contribution in [3.05, 3.63) is 77.5 Å². The van der Waals surface area contributed by atoms with Crippen LogP contribution in [0.2, 0.25) is 0 Å². The Morgan fingerprint density at radius 2 is 1.79 bits per heavy atom. The monoisotopic (exact) mass is 530 g/mol. The first-order valence-corrected chi connectivity index (χ1v) is 11.1. The molecular weight excluding hydrogens is 511 g/mol. The minimum absolute atomic E-state index is 0.0225. The lowest BCUT2D eigenvalue weighted by Crippen LogP contribution is -2.13. The summed E-state index contributed by atoms with van der Waals surface area (Å²) in [6.07, 6.45) is -3.50. The Morgan fingerprint density at radius 3 is 2.47 bits per heavy atom. The number of hydrogen-bond acceptors (Lipinski definition) is 7. The van der Waals surface area contributed by atoms with Gasteiger partial charge in [0.05, 0.1) is 18.3 Å².